The molecule has 108 valence electrons. The first-order chi connectivity index (χ1) is 9.65. The van der Waals surface area contributed by atoms with Crippen LogP contribution in [0.1, 0.15) is 37.7 Å². The third-order valence-corrected chi connectivity index (χ3v) is 6.01. The number of para-hydroxylation sites is 1. The molecular weight excluding hydrogens is 268 g/mol. The van der Waals surface area contributed by atoms with Crippen LogP contribution >= 0.6 is 11.8 Å². The molecule has 3 rings (SSSR count). The molecule has 1 fully saturated rings. The summed E-state index contributed by atoms with van der Waals surface area (Å²) < 4.78 is -0.231. The van der Waals surface area contributed by atoms with E-state index in [1.54, 1.807) is 0 Å². The molecule has 1 aromatic rings. The highest BCUT2D eigenvalue weighted by molar-refractivity contribution is 8.01. The molecule has 20 heavy (non-hydrogen) atoms. The lowest BCUT2D eigenvalue weighted by molar-refractivity contribution is -0.120. The lowest BCUT2D eigenvalue weighted by Crippen LogP contribution is -2.43. The van der Waals surface area contributed by atoms with Gasteiger partial charge in [0.25, 0.3) is 0 Å². The molecule has 4 heteroatoms. The van der Waals surface area contributed by atoms with Crippen LogP contribution in [0.4, 0.5) is 5.69 Å². The van der Waals surface area contributed by atoms with Crippen molar-refractivity contribution in [3.05, 3.63) is 29.8 Å². The fourth-order valence-corrected chi connectivity index (χ4v) is 4.63. The minimum atomic E-state index is -0.231. The molecule has 2 atom stereocenters. The van der Waals surface area contributed by atoms with Gasteiger partial charge in [-0.1, -0.05) is 18.2 Å². The maximum Gasteiger partial charge on any atom is 0.242 e. The average Bonchev–Trinajstić information content (AvgIpc) is 3.05. The van der Waals surface area contributed by atoms with E-state index in [1.807, 2.05) is 22.7 Å². The first kappa shape index (κ1) is 14.0. The SMILES string of the molecule is CC1(C(=O)N2CC(CCN)c3ccccc32)CCCS1. The Bertz CT molecular complexity index is 511. The normalized spacial score (nSPS) is 28.7. The highest BCUT2D eigenvalue weighted by Crippen LogP contribution is 2.44. The Labute approximate surface area is 124 Å². The Morgan fingerprint density at radius 3 is 3.00 bits per heavy atom. The number of nitrogens with two attached hydrogens (primary N) is 1. The number of hydrogen-bond donors (Lipinski definition) is 1. The largest absolute Gasteiger partial charge is 0.330 e. The summed E-state index contributed by atoms with van der Waals surface area (Å²) in [5, 5.41) is 0. The van der Waals surface area contributed by atoms with Crippen LogP contribution < -0.4 is 10.6 Å². The van der Waals surface area contributed by atoms with Crippen LogP contribution in [0.5, 0.6) is 0 Å². The van der Waals surface area contributed by atoms with E-state index in [9.17, 15) is 4.79 Å². The molecule has 1 amide bonds. The Balaban J connectivity index is 1.90. The number of hydrogen-bond acceptors (Lipinski definition) is 3. The fourth-order valence-electron chi connectivity index (χ4n) is 3.37. The van der Waals surface area contributed by atoms with Crippen molar-refractivity contribution < 1.29 is 4.79 Å². The van der Waals surface area contributed by atoms with Gasteiger partial charge in [-0.2, -0.15) is 0 Å². The smallest absolute Gasteiger partial charge is 0.242 e. The summed E-state index contributed by atoms with van der Waals surface area (Å²) in [4.78, 5) is 15.0. The molecule has 0 aliphatic carbocycles. The van der Waals surface area contributed by atoms with Crippen LogP contribution in [-0.4, -0.2) is 29.5 Å². The number of carbonyl (C=O) groups is 1. The molecule has 2 unspecified atom stereocenters. The van der Waals surface area contributed by atoms with Crippen molar-refractivity contribution in [3.8, 4) is 0 Å². The molecule has 2 aliphatic heterocycles. The number of nitrogens with zero attached hydrogens (tertiary/aromatic N) is 1. The molecule has 1 aromatic carbocycles. The number of anilines is 1. The minimum Gasteiger partial charge on any atom is -0.330 e. The van der Waals surface area contributed by atoms with E-state index in [0.717, 1.165) is 37.2 Å². The number of amides is 1. The van der Waals surface area contributed by atoms with Crippen LogP contribution in [0.15, 0.2) is 24.3 Å². The van der Waals surface area contributed by atoms with E-state index < -0.39 is 0 Å². The Morgan fingerprint density at radius 2 is 2.30 bits per heavy atom. The van der Waals surface area contributed by atoms with Crippen molar-refractivity contribution in [3.63, 3.8) is 0 Å². The first-order valence-corrected chi connectivity index (χ1v) is 8.39. The molecule has 0 spiro atoms. The molecule has 0 bridgehead atoms. The Kier molecular flexibility index (Phi) is 3.78. The fraction of sp³-hybridized carbons (Fsp3) is 0.562. The molecule has 0 saturated carbocycles. The van der Waals surface area contributed by atoms with E-state index in [0.29, 0.717) is 12.5 Å². The van der Waals surface area contributed by atoms with Gasteiger partial charge in [0.2, 0.25) is 5.91 Å². The monoisotopic (exact) mass is 290 g/mol. The van der Waals surface area contributed by atoms with Crippen molar-refractivity contribution in [2.75, 3.05) is 23.7 Å². The predicted octanol–water partition coefficient (Wildman–Crippen LogP) is 2.75. The molecule has 1 saturated heterocycles. The Morgan fingerprint density at radius 1 is 1.50 bits per heavy atom. The topological polar surface area (TPSA) is 46.3 Å². The second kappa shape index (κ2) is 5.41. The number of carbonyl (C=O) groups excluding carboxylic acids is 1. The highest BCUT2D eigenvalue weighted by Gasteiger charge is 2.43. The predicted molar refractivity (Wildman–Crippen MR) is 85.3 cm³/mol. The summed E-state index contributed by atoms with van der Waals surface area (Å²) in [6.07, 6.45) is 3.09. The van der Waals surface area contributed by atoms with Gasteiger partial charge < -0.3 is 10.6 Å². The highest BCUT2D eigenvalue weighted by atomic mass is 32.2. The molecule has 0 radical (unpaired) electrons. The Hall–Kier alpha value is -1.00. The zero-order chi connectivity index (χ0) is 14.2. The summed E-state index contributed by atoms with van der Waals surface area (Å²) in [6, 6.07) is 8.30. The zero-order valence-corrected chi connectivity index (χ0v) is 12.8. The molecule has 2 N–H and O–H groups in total. The van der Waals surface area contributed by atoms with Crippen LogP contribution in [0.2, 0.25) is 0 Å². The lowest BCUT2D eigenvalue weighted by atomic mass is 9.98. The summed E-state index contributed by atoms with van der Waals surface area (Å²) in [6.45, 7) is 3.57. The third-order valence-electron chi connectivity index (χ3n) is 4.50. The molecule has 3 nitrogen and oxygen atoms in total. The average molecular weight is 290 g/mol. The van der Waals surface area contributed by atoms with Crippen LogP contribution in [0.25, 0.3) is 0 Å². The molecule has 2 aliphatic rings. The third kappa shape index (κ3) is 2.25. The van der Waals surface area contributed by atoms with Crippen molar-refractivity contribution in [1.29, 1.82) is 0 Å². The number of benzene rings is 1. The zero-order valence-electron chi connectivity index (χ0n) is 12.0. The van der Waals surface area contributed by atoms with Crippen molar-refractivity contribution >= 4 is 23.4 Å². The van der Waals surface area contributed by atoms with Gasteiger partial charge in [0.15, 0.2) is 0 Å². The summed E-state index contributed by atoms with van der Waals surface area (Å²) in [5.41, 5.74) is 8.12. The number of rotatable bonds is 3. The first-order valence-electron chi connectivity index (χ1n) is 7.40. The minimum absolute atomic E-state index is 0.231. The van der Waals surface area contributed by atoms with Crippen molar-refractivity contribution in [2.45, 2.75) is 36.9 Å². The van der Waals surface area contributed by atoms with Gasteiger partial charge in [-0.25, -0.2) is 0 Å². The van der Waals surface area contributed by atoms with E-state index in [1.165, 1.54) is 5.56 Å². The lowest BCUT2D eigenvalue weighted by Gasteiger charge is -2.28. The summed E-state index contributed by atoms with van der Waals surface area (Å²) in [5.74, 6) is 1.78. The number of fused-ring (bicyclic) bond motifs is 1. The van der Waals surface area contributed by atoms with Gasteiger partial charge in [-0.05, 0) is 50.1 Å². The second-order valence-electron chi connectivity index (χ2n) is 5.93. The van der Waals surface area contributed by atoms with Crippen molar-refractivity contribution in [2.24, 2.45) is 5.73 Å². The maximum atomic E-state index is 13.0. The van der Waals surface area contributed by atoms with E-state index in [2.05, 4.69) is 25.1 Å². The number of thioether (sulfide) groups is 1. The van der Waals surface area contributed by atoms with Gasteiger partial charge in [0.05, 0.1) is 4.75 Å². The van der Waals surface area contributed by atoms with Gasteiger partial charge in [0.1, 0.15) is 0 Å². The van der Waals surface area contributed by atoms with Crippen molar-refractivity contribution in [1.82, 2.24) is 0 Å². The molecule has 2 heterocycles. The van der Waals surface area contributed by atoms with E-state index in [-0.39, 0.29) is 10.7 Å². The van der Waals surface area contributed by atoms with Gasteiger partial charge in [0, 0.05) is 18.2 Å². The van der Waals surface area contributed by atoms with Crippen LogP contribution in [0.3, 0.4) is 0 Å². The van der Waals surface area contributed by atoms with Gasteiger partial charge in [-0.15, -0.1) is 11.8 Å². The van der Waals surface area contributed by atoms with Crippen LogP contribution in [-0.2, 0) is 4.79 Å². The summed E-state index contributed by atoms with van der Waals surface area (Å²) >= 11 is 1.81. The van der Waals surface area contributed by atoms with Gasteiger partial charge >= 0.3 is 0 Å². The molecule has 0 aromatic heterocycles. The molecular formula is C16H22N2OS. The second-order valence-corrected chi connectivity index (χ2v) is 7.53. The summed E-state index contributed by atoms with van der Waals surface area (Å²) in [7, 11) is 0. The maximum absolute atomic E-state index is 13.0. The standard InChI is InChI=1S/C16H22N2OS/c1-16(8-4-10-20-16)15(19)18-11-12(7-9-17)13-5-2-3-6-14(13)18/h2-3,5-6,12H,4,7-11,17H2,1H3. The quantitative estimate of drug-likeness (QED) is 0.931. The van der Waals surface area contributed by atoms with Crippen LogP contribution in [0, 0.1) is 0 Å². The van der Waals surface area contributed by atoms with E-state index in [4.69, 9.17) is 5.73 Å². The van der Waals surface area contributed by atoms with Gasteiger partial charge in [-0.3, -0.25) is 4.79 Å². The van der Waals surface area contributed by atoms with E-state index >= 15 is 0 Å².